The molecule has 2 aromatic rings. The van der Waals surface area contributed by atoms with Crippen LogP contribution >= 0.6 is 11.6 Å². The van der Waals surface area contributed by atoms with Crippen LogP contribution in [0.5, 0.6) is 0 Å². The summed E-state index contributed by atoms with van der Waals surface area (Å²) in [4.78, 5) is 26.2. The maximum Gasteiger partial charge on any atom is 0.240 e. The van der Waals surface area contributed by atoms with Crippen LogP contribution in [0.3, 0.4) is 0 Å². The van der Waals surface area contributed by atoms with Gasteiger partial charge < -0.3 is 16.0 Å². The second kappa shape index (κ2) is 8.39. The Bertz CT molecular complexity index is 828. The van der Waals surface area contributed by atoms with E-state index in [1.165, 1.54) is 6.07 Å². The molecule has 0 spiro atoms. The zero-order chi connectivity index (χ0) is 19.4. The fraction of sp³-hybridized carbons (Fsp3) is 0.300. The summed E-state index contributed by atoms with van der Waals surface area (Å²) in [5, 5.41) is 3.34. The van der Waals surface area contributed by atoms with Crippen LogP contribution in [0.4, 0.5) is 10.1 Å². The highest BCUT2D eigenvalue weighted by atomic mass is 35.5. The fourth-order valence-corrected chi connectivity index (χ4v) is 3.40. The predicted octanol–water partition coefficient (Wildman–Crippen LogP) is 2.52. The summed E-state index contributed by atoms with van der Waals surface area (Å²) >= 11 is 5.86. The van der Waals surface area contributed by atoms with E-state index in [0.29, 0.717) is 36.6 Å². The van der Waals surface area contributed by atoms with Crippen molar-refractivity contribution in [3.05, 3.63) is 64.9 Å². The quantitative estimate of drug-likeness (QED) is 0.797. The average Bonchev–Trinajstić information content (AvgIpc) is 3.13. The maximum absolute atomic E-state index is 13.9. The number of primary amides is 1. The van der Waals surface area contributed by atoms with Crippen molar-refractivity contribution in [2.45, 2.75) is 18.9 Å². The zero-order valence-electron chi connectivity index (χ0n) is 14.7. The van der Waals surface area contributed by atoms with Crippen LogP contribution in [0.1, 0.15) is 12.0 Å². The Morgan fingerprint density at radius 1 is 1.22 bits per heavy atom. The van der Waals surface area contributed by atoms with Gasteiger partial charge in [-0.25, -0.2) is 4.39 Å². The van der Waals surface area contributed by atoms with Crippen molar-refractivity contribution < 1.29 is 14.0 Å². The van der Waals surface area contributed by atoms with Gasteiger partial charge in [0.05, 0.1) is 11.6 Å². The maximum atomic E-state index is 13.9. The van der Waals surface area contributed by atoms with E-state index < -0.39 is 11.9 Å². The van der Waals surface area contributed by atoms with Crippen LogP contribution < -0.4 is 16.0 Å². The summed E-state index contributed by atoms with van der Waals surface area (Å²) in [6, 6.07) is 12.7. The highest BCUT2D eigenvalue weighted by molar-refractivity contribution is 6.30. The predicted molar refractivity (Wildman–Crippen MR) is 103 cm³/mol. The van der Waals surface area contributed by atoms with Crippen molar-refractivity contribution in [3.63, 3.8) is 0 Å². The molecule has 1 heterocycles. The molecule has 7 heteroatoms. The second-order valence-corrected chi connectivity index (χ2v) is 7.11. The largest absolute Gasteiger partial charge is 0.368 e. The lowest BCUT2D eigenvalue weighted by atomic mass is 10.0. The molecule has 0 bridgehead atoms. The summed E-state index contributed by atoms with van der Waals surface area (Å²) in [6.45, 7) is 0.983. The number of hydrogen-bond donors (Lipinski definition) is 2. The van der Waals surface area contributed by atoms with Gasteiger partial charge in [0.1, 0.15) is 11.9 Å². The molecule has 2 atom stereocenters. The molecule has 1 fully saturated rings. The van der Waals surface area contributed by atoms with Crippen molar-refractivity contribution in [3.8, 4) is 0 Å². The average molecular weight is 390 g/mol. The van der Waals surface area contributed by atoms with Gasteiger partial charge in [-0.2, -0.15) is 0 Å². The lowest BCUT2D eigenvalue weighted by molar-refractivity contribution is -0.129. The number of nitrogens with one attached hydrogen (secondary N) is 1. The third-order valence-electron chi connectivity index (χ3n) is 4.77. The van der Waals surface area contributed by atoms with Crippen LogP contribution in [0, 0.1) is 11.7 Å². The van der Waals surface area contributed by atoms with Gasteiger partial charge >= 0.3 is 0 Å². The number of nitrogens with zero attached hydrogens (tertiary/aromatic N) is 1. The van der Waals surface area contributed by atoms with Gasteiger partial charge in [-0.15, -0.1) is 0 Å². The molecule has 1 saturated heterocycles. The lowest BCUT2D eigenvalue weighted by Crippen LogP contribution is -2.48. The SMILES string of the molecule is NC(=O)C(Cc1ccc(Cl)cc1)NC(=O)C1CCN(c2ccccc2F)C1. The van der Waals surface area contributed by atoms with Crippen LogP contribution in [-0.4, -0.2) is 30.9 Å². The normalized spacial score (nSPS) is 17.6. The van der Waals surface area contributed by atoms with Gasteiger partial charge in [-0.1, -0.05) is 35.9 Å². The van der Waals surface area contributed by atoms with Gasteiger partial charge in [-0.3, -0.25) is 9.59 Å². The Hall–Kier alpha value is -2.60. The number of carbonyl (C=O) groups excluding carboxylic acids is 2. The molecule has 3 N–H and O–H groups in total. The van der Waals surface area contributed by atoms with E-state index in [-0.39, 0.29) is 17.6 Å². The monoisotopic (exact) mass is 389 g/mol. The van der Waals surface area contributed by atoms with E-state index >= 15 is 0 Å². The molecule has 2 aromatic carbocycles. The number of amides is 2. The van der Waals surface area contributed by atoms with E-state index in [0.717, 1.165) is 5.56 Å². The Labute approximate surface area is 162 Å². The van der Waals surface area contributed by atoms with E-state index in [1.807, 2.05) is 4.90 Å². The topological polar surface area (TPSA) is 75.4 Å². The highest BCUT2D eigenvalue weighted by Gasteiger charge is 2.31. The van der Waals surface area contributed by atoms with Gasteiger partial charge in [0.2, 0.25) is 11.8 Å². The first-order valence-corrected chi connectivity index (χ1v) is 9.15. The first kappa shape index (κ1) is 19.2. The van der Waals surface area contributed by atoms with Crippen molar-refractivity contribution in [2.75, 3.05) is 18.0 Å². The van der Waals surface area contributed by atoms with Crippen molar-refractivity contribution >= 4 is 29.1 Å². The summed E-state index contributed by atoms with van der Waals surface area (Å²) in [5.41, 5.74) is 6.80. The first-order chi connectivity index (χ1) is 12.9. The molecule has 2 amide bonds. The van der Waals surface area contributed by atoms with E-state index in [2.05, 4.69) is 5.32 Å². The van der Waals surface area contributed by atoms with Crippen LogP contribution in [0.2, 0.25) is 5.02 Å². The molecule has 27 heavy (non-hydrogen) atoms. The molecule has 3 rings (SSSR count). The minimum absolute atomic E-state index is 0.244. The molecule has 1 aliphatic rings. The third-order valence-corrected chi connectivity index (χ3v) is 5.02. The van der Waals surface area contributed by atoms with Crippen LogP contribution in [0.25, 0.3) is 0 Å². The van der Waals surface area contributed by atoms with Crippen molar-refractivity contribution in [1.82, 2.24) is 5.32 Å². The summed E-state index contributed by atoms with van der Waals surface area (Å²) < 4.78 is 13.9. The van der Waals surface area contributed by atoms with E-state index in [1.54, 1.807) is 42.5 Å². The molecule has 0 saturated carbocycles. The lowest BCUT2D eigenvalue weighted by Gasteiger charge is -2.20. The summed E-state index contributed by atoms with van der Waals surface area (Å²) in [6.07, 6.45) is 0.884. The minimum atomic E-state index is -0.804. The number of para-hydroxylation sites is 1. The molecule has 0 aliphatic carbocycles. The Balaban J connectivity index is 1.62. The highest BCUT2D eigenvalue weighted by Crippen LogP contribution is 2.26. The molecular formula is C20H21ClFN3O2. The molecule has 2 unspecified atom stereocenters. The molecule has 142 valence electrons. The van der Waals surface area contributed by atoms with Crippen molar-refractivity contribution in [1.29, 1.82) is 0 Å². The fourth-order valence-electron chi connectivity index (χ4n) is 3.27. The van der Waals surface area contributed by atoms with Gasteiger partial charge in [0.15, 0.2) is 0 Å². The van der Waals surface area contributed by atoms with Gasteiger partial charge in [0, 0.05) is 24.5 Å². The Kier molecular flexibility index (Phi) is 5.96. The Morgan fingerprint density at radius 3 is 2.59 bits per heavy atom. The number of carbonyl (C=O) groups is 2. The number of halogens is 2. The summed E-state index contributed by atoms with van der Waals surface area (Å²) in [5.74, 6) is -1.47. The van der Waals surface area contributed by atoms with Gasteiger partial charge in [-0.05, 0) is 36.2 Å². The summed E-state index contributed by atoms with van der Waals surface area (Å²) in [7, 11) is 0. The van der Waals surface area contributed by atoms with Crippen LogP contribution in [0.15, 0.2) is 48.5 Å². The molecule has 5 nitrogen and oxygen atoms in total. The zero-order valence-corrected chi connectivity index (χ0v) is 15.5. The third kappa shape index (κ3) is 4.77. The first-order valence-electron chi connectivity index (χ1n) is 8.77. The smallest absolute Gasteiger partial charge is 0.240 e. The second-order valence-electron chi connectivity index (χ2n) is 6.68. The standard InChI is InChI=1S/C20H21ClFN3O2/c21-15-7-5-13(6-8-15)11-17(19(23)26)24-20(27)14-9-10-25(12-14)18-4-2-1-3-16(18)22/h1-8,14,17H,9-12H2,(H2,23,26)(H,24,27). The number of benzene rings is 2. The number of rotatable bonds is 6. The number of hydrogen-bond acceptors (Lipinski definition) is 3. The van der Waals surface area contributed by atoms with Gasteiger partial charge in [0.25, 0.3) is 0 Å². The van der Waals surface area contributed by atoms with Crippen molar-refractivity contribution in [2.24, 2.45) is 11.7 Å². The van der Waals surface area contributed by atoms with Crippen LogP contribution in [-0.2, 0) is 16.0 Å². The number of nitrogens with two attached hydrogens (primary N) is 1. The molecule has 0 aromatic heterocycles. The minimum Gasteiger partial charge on any atom is -0.368 e. The molecule has 1 aliphatic heterocycles. The van der Waals surface area contributed by atoms with E-state index in [4.69, 9.17) is 17.3 Å². The molecular weight excluding hydrogens is 369 g/mol. The number of anilines is 1. The van der Waals surface area contributed by atoms with E-state index in [9.17, 15) is 14.0 Å². The molecule has 0 radical (unpaired) electrons. The Morgan fingerprint density at radius 2 is 1.93 bits per heavy atom.